The van der Waals surface area contributed by atoms with Crippen LogP contribution >= 0.6 is 15.9 Å². The van der Waals surface area contributed by atoms with Crippen LogP contribution in [0.15, 0.2) is 22.7 Å². The first-order valence-electron chi connectivity index (χ1n) is 4.42. The Bertz CT molecular complexity index is 323. The summed E-state index contributed by atoms with van der Waals surface area (Å²) in [5.41, 5.74) is 7.05. The lowest BCUT2D eigenvalue weighted by Gasteiger charge is -2.12. The van der Waals surface area contributed by atoms with Crippen LogP contribution in [-0.2, 0) is 0 Å². The van der Waals surface area contributed by atoms with E-state index in [1.807, 2.05) is 6.07 Å². The Hall–Kier alpha value is -0.540. The molecule has 1 aromatic rings. The van der Waals surface area contributed by atoms with Crippen molar-refractivity contribution in [2.24, 2.45) is 11.7 Å². The molecule has 13 heavy (non-hydrogen) atoms. The zero-order valence-corrected chi connectivity index (χ0v) is 8.79. The number of rotatable bonds is 2. The van der Waals surface area contributed by atoms with Gasteiger partial charge in [0.25, 0.3) is 0 Å². The van der Waals surface area contributed by atoms with Gasteiger partial charge in [-0.05, 0) is 42.5 Å². The largest absolute Gasteiger partial charge is 0.508 e. The molecule has 0 unspecified atom stereocenters. The Balaban J connectivity index is 2.31. The van der Waals surface area contributed by atoms with E-state index < -0.39 is 0 Å². The lowest BCUT2D eigenvalue weighted by Crippen LogP contribution is -2.12. The van der Waals surface area contributed by atoms with E-state index in [1.165, 1.54) is 12.8 Å². The van der Waals surface area contributed by atoms with Crippen LogP contribution in [0.3, 0.4) is 0 Å². The second kappa shape index (κ2) is 3.31. The molecule has 0 heterocycles. The van der Waals surface area contributed by atoms with Crippen molar-refractivity contribution in [1.82, 2.24) is 0 Å². The highest BCUT2D eigenvalue weighted by Gasteiger charge is 2.30. The van der Waals surface area contributed by atoms with Gasteiger partial charge in [-0.1, -0.05) is 15.9 Å². The molecule has 3 N–H and O–H groups in total. The van der Waals surface area contributed by atoms with Gasteiger partial charge in [0.2, 0.25) is 0 Å². The highest BCUT2D eigenvalue weighted by molar-refractivity contribution is 9.10. The van der Waals surface area contributed by atoms with Gasteiger partial charge in [-0.15, -0.1) is 0 Å². The Morgan fingerprint density at radius 1 is 1.46 bits per heavy atom. The molecule has 0 radical (unpaired) electrons. The van der Waals surface area contributed by atoms with Crippen molar-refractivity contribution in [3.05, 3.63) is 28.2 Å². The molecule has 0 spiro atoms. The molecule has 70 valence electrons. The van der Waals surface area contributed by atoms with Gasteiger partial charge in [-0.2, -0.15) is 0 Å². The maximum absolute atomic E-state index is 9.31. The number of phenols is 1. The number of aromatic hydroxyl groups is 1. The predicted octanol–water partition coefficient (Wildman–Crippen LogP) is 2.56. The molecular formula is C10H12BrNO. The van der Waals surface area contributed by atoms with Crippen LogP contribution in [0, 0.1) is 5.92 Å². The highest BCUT2D eigenvalue weighted by Crippen LogP contribution is 2.42. The highest BCUT2D eigenvalue weighted by atomic mass is 79.9. The summed E-state index contributed by atoms with van der Waals surface area (Å²) in [5, 5.41) is 9.31. The van der Waals surface area contributed by atoms with E-state index in [9.17, 15) is 5.11 Å². The number of benzene rings is 1. The molecule has 1 saturated carbocycles. The van der Waals surface area contributed by atoms with Gasteiger partial charge in [0.15, 0.2) is 0 Å². The van der Waals surface area contributed by atoms with Crippen LogP contribution in [0.25, 0.3) is 0 Å². The molecule has 0 bridgehead atoms. The minimum Gasteiger partial charge on any atom is -0.508 e. The van der Waals surface area contributed by atoms with Gasteiger partial charge in [0, 0.05) is 10.5 Å². The van der Waals surface area contributed by atoms with Gasteiger partial charge < -0.3 is 10.8 Å². The first kappa shape index (κ1) is 9.03. The first-order valence-corrected chi connectivity index (χ1v) is 5.22. The standard InChI is InChI=1S/C10H12BrNO/c11-9-4-3-7(13)5-8(9)10(12)6-1-2-6/h3-6,10,13H,1-2,12H2/t10-/m0/s1. The third-order valence-electron chi connectivity index (χ3n) is 2.47. The third-order valence-corrected chi connectivity index (χ3v) is 3.19. The average molecular weight is 242 g/mol. The fourth-order valence-electron chi connectivity index (χ4n) is 1.50. The molecule has 2 nitrogen and oxygen atoms in total. The number of hydrogen-bond donors (Lipinski definition) is 2. The number of halogens is 1. The van der Waals surface area contributed by atoms with Crippen LogP contribution < -0.4 is 5.73 Å². The minimum absolute atomic E-state index is 0.0708. The Labute approximate surface area is 85.9 Å². The normalized spacial score (nSPS) is 18.6. The van der Waals surface area contributed by atoms with Crippen LogP contribution in [0.4, 0.5) is 0 Å². The van der Waals surface area contributed by atoms with Crippen molar-refractivity contribution in [1.29, 1.82) is 0 Å². The van der Waals surface area contributed by atoms with E-state index in [4.69, 9.17) is 5.73 Å². The minimum atomic E-state index is 0.0708. The molecule has 0 saturated heterocycles. The Kier molecular flexibility index (Phi) is 2.30. The van der Waals surface area contributed by atoms with Crippen LogP contribution in [-0.4, -0.2) is 5.11 Å². The van der Waals surface area contributed by atoms with E-state index in [1.54, 1.807) is 12.1 Å². The van der Waals surface area contributed by atoms with E-state index in [-0.39, 0.29) is 11.8 Å². The molecular weight excluding hydrogens is 230 g/mol. The predicted molar refractivity (Wildman–Crippen MR) is 55.5 cm³/mol. The Morgan fingerprint density at radius 3 is 2.77 bits per heavy atom. The van der Waals surface area contributed by atoms with Crippen molar-refractivity contribution in [2.75, 3.05) is 0 Å². The first-order chi connectivity index (χ1) is 6.18. The molecule has 2 rings (SSSR count). The van der Waals surface area contributed by atoms with Gasteiger partial charge in [0.05, 0.1) is 0 Å². The van der Waals surface area contributed by atoms with Crippen LogP contribution in [0.5, 0.6) is 5.75 Å². The summed E-state index contributed by atoms with van der Waals surface area (Å²) in [6.07, 6.45) is 2.42. The number of hydrogen-bond acceptors (Lipinski definition) is 2. The number of phenolic OH excluding ortho intramolecular Hbond substituents is 1. The topological polar surface area (TPSA) is 46.2 Å². The summed E-state index contributed by atoms with van der Waals surface area (Å²) < 4.78 is 0.990. The summed E-state index contributed by atoms with van der Waals surface area (Å²) in [4.78, 5) is 0. The van der Waals surface area contributed by atoms with Gasteiger partial charge in [0.1, 0.15) is 5.75 Å². The molecule has 0 aromatic heterocycles. The molecule has 1 atom stereocenters. The maximum atomic E-state index is 9.31. The van der Waals surface area contributed by atoms with E-state index in [0.717, 1.165) is 10.0 Å². The zero-order chi connectivity index (χ0) is 9.42. The van der Waals surface area contributed by atoms with Gasteiger partial charge in [-0.25, -0.2) is 0 Å². The summed E-state index contributed by atoms with van der Waals surface area (Å²) in [5.74, 6) is 0.896. The monoisotopic (exact) mass is 241 g/mol. The average Bonchev–Trinajstić information content (AvgIpc) is 2.91. The van der Waals surface area contributed by atoms with Crippen molar-refractivity contribution in [3.63, 3.8) is 0 Å². The molecule has 0 aliphatic heterocycles. The Morgan fingerprint density at radius 2 is 2.15 bits per heavy atom. The van der Waals surface area contributed by atoms with Gasteiger partial charge in [-0.3, -0.25) is 0 Å². The summed E-state index contributed by atoms with van der Waals surface area (Å²) >= 11 is 3.44. The lowest BCUT2D eigenvalue weighted by atomic mass is 10.0. The lowest BCUT2D eigenvalue weighted by molar-refractivity contribution is 0.472. The molecule has 1 fully saturated rings. The molecule has 1 aliphatic carbocycles. The second-order valence-electron chi connectivity index (χ2n) is 3.57. The zero-order valence-electron chi connectivity index (χ0n) is 7.20. The SMILES string of the molecule is N[C@H](c1cc(O)ccc1Br)C1CC1. The smallest absolute Gasteiger partial charge is 0.115 e. The third kappa shape index (κ3) is 1.86. The van der Waals surface area contributed by atoms with Crippen molar-refractivity contribution < 1.29 is 5.11 Å². The summed E-state index contributed by atoms with van der Waals surface area (Å²) in [6.45, 7) is 0. The number of nitrogens with two attached hydrogens (primary N) is 1. The molecule has 3 heteroatoms. The van der Waals surface area contributed by atoms with Crippen molar-refractivity contribution >= 4 is 15.9 Å². The van der Waals surface area contributed by atoms with E-state index in [0.29, 0.717) is 5.92 Å². The second-order valence-corrected chi connectivity index (χ2v) is 4.42. The quantitative estimate of drug-likeness (QED) is 0.837. The maximum Gasteiger partial charge on any atom is 0.115 e. The van der Waals surface area contributed by atoms with Crippen LogP contribution in [0.2, 0.25) is 0 Å². The summed E-state index contributed by atoms with van der Waals surface area (Å²) in [7, 11) is 0. The molecule has 1 aromatic carbocycles. The van der Waals surface area contributed by atoms with Crippen molar-refractivity contribution in [3.8, 4) is 5.75 Å². The van der Waals surface area contributed by atoms with Crippen LogP contribution in [0.1, 0.15) is 24.4 Å². The fraction of sp³-hybridized carbons (Fsp3) is 0.400. The molecule has 0 amide bonds. The fourth-order valence-corrected chi connectivity index (χ4v) is 2.01. The van der Waals surface area contributed by atoms with E-state index in [2.05, 4.69) is 15.9 Å². The molecule has 1 aliphatic rings. The summed E-state index contributed by atoms with van der Waals surface area (Å²) in [6, 6.07) is 5.31. The van der Waals surface area contributed by atoms with E-state index >= 15 is 0 Å². The van der Waals surface area contributed by atoms with Gasteiger partial charge >= 0.3 is 0 Å². The van der Waals surface area contributed by atoms with Crippen molar-refractivity contribution in [2.45, 2.75) is 18.9 Å².